The van der Waals surface area contributed by atoms with Crippen LogP contribution in [0.3, 0.4) is 0 Å². The summed E-state index contributed by atoms with van der Waals surface area (Å²) in [6.45, 7) is 2.92. The number of fused-ring (bicyclic) bond motifs is 2. The molecule has 1 saturated heterocycles. The van der Waals surface area contributed by atoms with E-state index in [1.54, 1.807) is 54.4 Å². The van der Waals surface area contributed by atoms with Crippen LogP contribution in [0.4, 0.5) is 5.69 Å². The van der Waals surface area contributed by atoms with Crippen molar-refractivity contribution < 1.29 is 23.9 Å². The molecule has 3 amide bonds. The standard InChI is InChI=1S/C26H30ClN3O5/c1-3-12-28-24(31)14-19-9-10-21-23(35-19)15-34-22-11-8-18(13-20(22)26(33)30(21)2)29-25(32)16-4-6-17(27)7-5-16/h4-8,11,13,19,21,23H,3,9-10,12,14-15H2,1-2H3,(H,28,31)(H,29,32)/t19-,21-,23-/m1/s1. The predicted octanol–water partition coefficient (Wildman–Crippen LogP) is 3.89. The Morgan fingerprint density at radius 3 is 2.66 bits per heavy atom. The number of ether oxygens (including phenoxy) is 2. The Kier molecular flexibility index (Phi) is 7.93. The molecular weight excluding hydrogens is 470 g/mol. The van der Waals surface area contributed by atoms with E-state index in [0.29, 0.717) is 53.4 Å². The lowest BCUT2D eigenvalue weighted by atomic mass is 9.94. The van der Waals surface area contributed by atoms with Gasteiger partial charge >= 0.3 is 0 Å². The molecule has 2 aromatic carbocycles. The van der Waals surface area contributed by atoms with Crippen LogP contribution >= 0.6 is 11.6 Å². The van der Waals surface area contributed by atoms with Gasteiger partial charge in [0.1, 0.15) is 18.5 Å². The zero-order valence-corrected chi connectivity index (χ0v) is 20.6. The van der Waals surface area contributed by atoms with E-state index >= 15 is 0 Å². The number of amides is 3. The molecule has 2 aromatic rings. The van der Waals surface area contributed by atoms with E-state index in [9.17, 15) is 14.4 Å². The van der Waals surface area contributed by atoms with Crippen molar-refractivity contribution in [2.75, 3.05) is 25.5 Å². The van der Waals surface area contributed by atoms with Gasteiger partial charge in [-0.1, -0.05) is 18.5 Å². The summed E-state index contributed by atoms with van der Waals surface area (Å²) in [6.07, 6.45) is 2.04. The highest BCUT2D eigenvalue weighted by Crippen LogP contribution is 2.32. The Labute approximate surface area is 209 Å². The van der Waals surface area contributed by atoms with Crippen molar-refractivity contribution >= 4 is 35.0 Å². The maximum Gasteiger partial charge on any atom is 0.257 e. The second kappa shape index (κ2) is 11.1. The molecular formula is C26H30ClN3O5. The molecule has 0 radical (unpaired) electrons. The zero-order chi connectivity index (χ0) is 24.9. The highest BCUT2D eigenvalue weighted by Gasteiger charge is 2.39. The van der Waals surface area contributed by atoms with Crippen LogP contribution in [0.1, 0.15) is 53.3 Å². The van der Waals surface area contributed by atoms with Crippen LogP contribution in [0.5, 0.6) is 5.75 Å². The largest absolute Gasteiger partial charge is 0.490 e. The minimum Gasteiger partial charge on any atom is -0.490 e. The molecule has 9 heteroatoms. The second-order valence-corrected chi connectivity index (χ2v) is 9.33. The van der Waals surface area contributed by atoms with Crippen molar-refractivity contribution in [3.05, 3.63) is 58.6 Å². The Morgan fingerprint density at radius 2 is 1.91 bits per heavy atom. The summed E-state index contributed by atoms with van der Waals surface area (Å²) in [4.78, 5) is 39.8. The minimum absolute atomic E-state index is 0.0231. The SMILES string of the molecule is CCCNC(=O)C[C@H]1CC[C@@H]2[C@@H](COc3ccc(NC(=O)c4ccc(Cl)cc4)cc3C(=O)N2C)O1. The van der Waals surface area contributed by atoms with Crippen LogP contribution in [0, 0.1) is 0 Å². The highest BCUT2D eigenvalue weighted by molar-refractivity contribution is 6.30. The quantitative estimate of drug-likeness (QED) is 0.628. The lowest BCUT2D eigenvalue weighted by molar-refractivity contribution is -0.134. The fourth-order valence-electron chi connectivity index (χ4n) is 4.45. The average Bonchev–Trinajstić information content (AvgIpc) is 2.85. The van der Waals surface area contributed by atoms with Crippen LogP contribution in [-0.4, -0.2) is 61.1 Å². The van der Waals surface area contributed by atoms with Crippen LogP contribution in [0.25, 0.3) is 0 Å². The van der Waals surface area contributed by atoms with E-state index in [-0.39, 0.29) is 42.6 Å². The minimum atomic E-state index is -0.334. The number of likely N-dealkylation sites (N-methyl/N-ethyl adjacent to an activating group) is 1. The number of benzene rings is 2. The molecule has 0 saturated carbocycles. The van der Waals surface area contributed by atoms with Gasteiger partial charge in [0.2, 0.25) is 5.91 Å². The van der Waals surface area contributed by atoms with E-state index in [1.165, 1.54) is 0 Å². The average molecular weight is 500 g/mol. The van der Waals surface area contributed by atoms with Crippen molar-refractivity contribution in [1.29, 1.82) is 0 Å². The maximum absolute atomic E-state index is 13.4. The summed E-state index contributed by atoms with van der Waals surface area (Å²) in [7, 11) is 1.76. The van der Waals surface area contributed by atoms with Gasteiger partial charge in [0.05, 0.1) is 24.1 Å². The van der Waals surface area contributed by atoms with Gasteiger partial charge in [0.15, 0.2) is 0 Å². The molecule has 4 rings (SSSR count). The Bertz CT molecular complexity index is 1090. The molecule has 0 unspecified atom stereocenters. The lowest BCUT2D eigenvalue weighted by Gasteiger charge is -2.42. The van der Waals surface area contributed by atoms with Crippen LogP contribution in [-0.2, 0) is 9.53 Å². The number of nitrogens with zero attached hydrogens (tertiary/aromatic N) is 1. The number of rotatable bonds is 6. The van der Waals surface area contributed by atoms with Gasteiger partial charge in [0.25, 0.3) is 11.8 Å². The molecule has 0 bridgehead atoms. The van der Waals surface area contributed by atoms with E-state index in [0.717, 1.165) is 6.42 Å². The van der Waals surface area contributed by atoms with Crippen molar-refractivity contribution in [2.24, 2.45) is 0 Å². The van der Waals surface area contributed by atoms with Gasteiger partial charge in [-0.2, -0.15) is 0 Å². The molecule has 3 atom stereocenters. The fraction of sp³-hybridized carbons (Fsp3) is 0.423. The maximum atomic E-state index is 13.4. The molecule has 35 heavy (non-hydrogen) atoms. The second-order valence-electron chi connectivity index (χ2n) is 8.89. The summed E-state index contributed by atoms with van der Waals surface area (Å²) in [6, 6.07) is 11.4. The molecule has 1 fully saturated rings. The summed E-state index contributed by atoms with van der Waals surface area (Å²) < 4.78 is 12.2. The monoisotopic (exact) mass is 499 g/mol. The summed E-state index contributed by atoms with van der Waals surface area (Å²) in [5.74, 6) is -0.106. The third-order valence-corrected chi connectivity index (χ3v) is 6.61. The molecule has 8 nitrogen and oxygen atoms in total. The van der Waals surface area contributed by atoms with Crippen molar-refractivity contribution in [3.63, 3.8) is 0 Å². The molecule has 2 N–H and O–H groups in total. The molecule has 2 aliphatic rings. The molecule has 0 aliphatic carbocycles. The lowest BCUT2D eigenvalue weighted by Crippen LogP contribution is -2.54. The molecule has 186 valence electrons. The van der Waals surface area contributed by atoms with Gasteiger partial charge in [-0.3, -0.25) is 14.4 Å². The summed E-state index contributed by atoms with van der Waals surface area (Å²) in [5.41, 5.74) is 1.33. The normalized spacial score (nSPS) is 21.6. The van der Waals surface area contributed by atoms with Crippen molar-refractivity contribution in [3.8, 4) is 5.75 Å². The van der Waals surface area contributed by atoms with E-state index in [1.807, 2.05) is 6.92 Å². The first-order valence-electron chi connectivity index (χ1n) is 11.9. The molecule has 0 spiro atoms. The van der Waals surface area contributed by atoms with Crippen molar-refractivity contribution in [1.82, 2.24) is 10.2 Å². The zero-order valence-electron chi connectivity index (χ0n) is 19.9. The van der Waals surface area contributed by atoms with Gasteiger partial charge in [-0.05, 0) is 61.7 Å². The molecule has 2 aliphatic heterocycles. The Morgan fingerprint density at radius 1 is 1.14 bits per heavy atom. The number of halogens is 1. The van der Waals surface area contributed by atoms with Crippen LogP contribution < -0.4 is 15.4 Å². The van der Waals surface area contributed by atoms with Gasteiger partial charge in [-0.25, -0.2) is 0 Å². The predicted molar refractivity (Wildman–Crippen MR) is 133 cm³/mol. The number of anilines is 1. The van der Waals surface area contributed by atoms with Gasteiger partial charge < -0.3 is 25.0 Å². The number of carbonyl (C=O) groups excluding carboxylic acids is 3. The first-order chi connectivity index (χ1) is 16.9. The number of nitrogens with one attached hydrogen (secondary N) is 2. The van der Waals surface area contributed by atoms with Gasteiger partial charge in [0, 0.05) is 29.9 Å². The third kappa shape index (κ3) is 5.94. The molecule has 2 heterocycles. The third-order valence-electron chi connectivity index (χ3n) is 6.36. The highest BCUT2D eigenvalue weighted by atomic mass is 35.5. The Hall–Kier alpha value is -3.10. The summed E-state index contributed by atoms with van der Waals surface area (Å²) >= 11 is 5.90. The first kappa shape index (κ1) is 25.0. The first-order valence-corrected chi connectivity index (χ1v) is 12.3. The topological polar surface area (TPSA) is 97.0 Å². The number of hydrogen-bond donors (Lipinski definition) is 2. The van der Waals surface area contributed by atoms with Crippen LogP contribution in [0.2, 0.25) is 5.02 Å². The summed E-state index contributed by atoms with van der Waals surface area (Å²) in [5, 5.41) is 6.25. The Balaban J connectivity index is 1.46. The smallest absolute Gasteiger partial charge is 0.257 e. The van der Waals surface area contributed by atoms with Gasteiger partial charge in [-0.15, -0.1) is 0 Å². The van der Waals surface area contributed by atoms with E-state index < -0.39 is 0 Å². The van der Waals surface area contributed by atoms with E-state index in [4.69, 9.17) is 21.1 Å². The number of carbonyl (C=O) groups is 3. The van der Waals surface area contributed by atoms with Crippen molar-refractivity contribution in [2.45, 2.75) is 50.9 Å². The van der Waals surface area contributed by atoms with E-state index in [2.05, 4.69) is 10.6 Å². The number of hydrogen-bond acceptors (Lipinski definition) is 5. The fourth-order valence-corrected chi connectivity index (χ4v) is 4.58. The molecule has 0 aromatic heterocycles. The van der Waals surface area contributed by atoms with Crippen LogP contribution in [0.15, 0.2) is 42.5 Å².